The summed E-state index contributed by atoms with van der Waals surface area (Å²) in [6.07, 6.45) is 3.52. The van der Waals surface area contributed by atoms with Crippen LogP contribution in [0.4, 0.5) is 5.82 Å². The first-order chi connectivity index (χ1) is 9.24. The highest BCUT2D eigenvalue weighted by Gasteiger charge is 2.27. The van der Waals surface area contributed by atoms with Crippen LogP contribution in [0, 0.1) is 0 Å². The van der Waals surface area contributed by atoms with E-state index in [1.807, 2.05) is 6.92 Å². The van der Waals surface area contributed by atoms with E-state index in [9.17, 15) is 4.79 Å². The van der Waals surface area contributed by atoms with Gasteiger partial charge in [0.25, 0.3) is 5.91 Å². The first-order valence-electron chi connectivity index (χ1n) is 6.66. The number of rotatable bonds is 5. The fourth-order valence-electron chi connectivity index (χ4n) is 2.34. The molecule has 2 N–H and O–H groups in total. The van der Waals surface area contributed by atoms with Crippen LogP contribution in [0.15, 0.2) is 12.1 Å². The molecule has 2 rings (SSSR count). The van der Waals surface area contributed by atoms with E-state index in [0.717, 1.165) is 19.3 Å². The molecule has 2 atom stereocenters. The van der Waals surface area contributed by atoms with Crippen molar-refractivity contribution in [3.05, 3.63) is 17.8 Å². The Kier molecular flexibility index (Phi) is 4.68. The summed E-state index contributed by atoms with van der Waals surface area (Å²) in [7, 11) is 1.73. The zero-order valence-electron chi connectivity index (χ0n) is 11.3. The molecule has 1 aliphatic rings. The molecular weight excluding hydrogens is 244 g/mol. The van der Waals surface area contributed by atoms with E-state index in [0.29, 0.717) is 18.1 Å². The molecule has 19 heavy (non-hydrogen) atoms. The maximum Gasteiger partial charge on any atom is 0.271 e. The minimum absolute atomic E-state index is 0.197. The van der Waals surface area contributed by atoms with Crippen LogP contribution >= 0.6 is 0 Å². The number of nitrogens with one attached hydrogen (secondary N) is 2. The van der Waals surface area contributed by atoms with Crippen LogP contribution in [0.5, 0.6) is 0 Å². The zero-order valence-corrected chi connectivity index (χ0v) is 11.3. The predicted molar refractivity (Wildman–Crippen MR) is 72.1 cm³/mol. The van der Waals surface area contributed by atoms with Gasteiger partial charge in [0, 0.05) is 13.7 Å². The topological polar surface area (TPSA) is 76.1 Å². The number of methoxy groups -OCH3 is 1. The predicted octanol–water partition coefficient (Wildman–Crippen LogP) is 1.21. The van der Waals surface area contributed by atoms with Crippen molar-refractivity contribution < 1.29 is 9.53 Å². The largest absolute Gasteiger partial charge is 0.379 e. The summed E-state index contributed by atoms with van der Waals surface area (Å²) in [6, 6.07) is 3.73. The molecule has 0 aromatic carbocycles. The lowest BCUT2D eigenvalue weighted by molar-refractivity contribution is 0.0949. The maximum atomic E-state index is 11.5. The molecule has 1 aliphatic carbocycles. The summed E-state index contributed by atoms with van der Waals surface area (Å²) >= 11 is 0. The lowest BCUT2D eigenvalue weighted by Gasteiger charge is -2.19. The van der Waals surface area contributed by atoms with Crippen LogP contribution in [0.25, 0.3) is 0 Å². The quantitative estimate of drug-likeness (QED) is 0.836. The van der Waals surface area contributed by atoms with Crippen LogP contribution in [-0.2, 0) is 4.74 Å². The third-order valence-corrected chi connectivity index (χ3v) is 3.32. The van der Waals surface area contributed by atoms with Gasteiger partial charge in [-0.15, -0.1) is 10.2 Å². The lowest BCUT2D eigenvalue weighted by atomic mass is 10.2. The molecule has 0 radical (unpaired) electrons. The Morgan fingerprint density at radius 1 is 1.42 bits per heavy atom. The van der Waals surface area contributed by atoms with Gasteiger partial charge in [-0.05, 0) is 38.3 Å². The smallest absolute Gasteiger partial charge is 0.271 e. The van der Waals surface area contributed by atoms with Gasteiger partial charge in [-0.1, -0.05) is 0 Å². The molecule has 1 amide bonds. The van der Waals surface area contributed by atoms with Crippen LogP contribution in [0.3, 0.4) is 0 Å². The molecule has 0 spiro atoms. The average molecular weight is 264 g/mol. The third kappa shape index (κ3) is 3.41. The first-order valence-corrected chi connectivity index (χ1v) is 6.66. The van der Waals surface area contributed by atoms with E-state index < -0.39 is 0 Å². The van der Waals surface area contributed by atoms with Gasteiger partial charge in [0.2, 0.25) is 0 Å². The number of amides is 1. The lowest BCUT2D eigenvalue weighted by Crippen LogP contribution is -2.30. The minimum atomic E-state index is -0.197. The third-order valence-electron chi connectivity index (χ3n) is 3.32. The molecule has 1 aromatic heterocycles. The van der Waals surface area contributed by atoms with E-state index >= 15 is 0 Å². The Morgan fingerprint density at radius 3 is 2.89 bits per heavy atom. The normalized spacial score (nSPS) is 22.2. The van der Waals surface area contributed by atoms with Gasteiger partial charge in [-0.2, -0.15) is 0 Å². The van der Waals surface area contributed by atoms with Crippen LogP contribution in [-0.4, -0.2) is 41.9 Å². The second kappa shape index (κ2) is 6.47. The van der Waals surface area contributed by atoms with Crippen molar-refractivity contribution in [1.82, 2.24) is 15.5 Å². The van der Waals surface area contributed by atoms with Crippen molar-refractivity contribution in [1.29, 1.82) is 0 Å². The second-order valence-electron chi connectivity index (χ2n) is 4.62. The first kappa shape index (κ1) is 13.7. The molecule has 0 saturated heterocycles. The number of carbonyl (C=O) groups excluding carboxylic acids is 1. The molecule has 2 unspecified atom stereocenters. The molecule has 6 nitrogen and oxygen atoms in total. The van der Waals surface area contributed by atoms with Gasteiger partial charge in [0.1, 0.15) is 5.82 Å². The highest BCUT2D eigenvalue weighted by molar-refractivity contribution is 5.92. The number of hydrogen-bond acceptors (Lipinski definition) is 5. The van der Waals surface area contributed by atoms with Gasteiger partial charge in [-0.3, -0.25) is 4.79 Å². The molecular formula is C13H20N4O2. The SMILES string of the molecule is CCNC(=O)c1ccc(NC2CCCC2OC)nn1. The van der Waals surface area contributed by atoms with Crippen molar-refractivity contribution in [2.24, 2.45) is 0 Å². The van der Waals surface area contributed by atoms with Gasteiger partial charge < -0.3 is 15.4 Å². The van der Waals surface area contributed by atoms with E-state index in [1.165, 1.54) is 0 Å². The molecule has 6 heteroatoms. The van der Waals surface area contributed by atoms with Crippen molar-refractivity contribution in [2.75, 3.05) is 19.0 Å². The molecule has 1 fully saturated rings. The number of carbonyl (C=O) groups is 1. The number of aromatic nitrogens is 2. The Morgan fingerprint density at radius 2 is 2.26 bits per heavy atom. The highest BCUT2D eigenvalue weighted by Crippen LogP contribution is 2.24. The average Bonchev–Trinajstić information content (AvgIpc) is 2.87. The Hall–Kier alpha value is -1.69. The summed E-state index contributed by atoms with van der Waals surface area (Å²) in [5, 5.41) is 14.0. The molecule has 1 heterocycles. The van der Waals surface area contributed by atoms with E-state index in [2.05, 4.69) is 20.8 Å². The summed E-state index contributed by atoms with van der Waals surface area (Å²) in [5.74, 6) is 0.485. The Bertz CT molecular complexity index is 421. The van der Waals surface area contributed by atoms with Crippen molar-refractivity contribution in [3.8, 4) is 0 Å². The Labute approximate surface area is 112 Å². The van der Waals surface area contributed by atoms with Gasteiger partial charge >= 0.3 is 0 Å². The molecule has 1 aromatic rings. The van der Waals surface area contributed by atoms with E-state index in [1.54, 1.807) is 19.2 Å². The zero-order chi connectivity index (χ0) is 13.7. The molecule has 104 valence electrons. The monoisotopic (exact) mass is 264 g/mol. The number of anilines is 1. The standard InChI is InChI=1S/C13H20N4O2/c1-3-14-13(18)10-7-8-12(17-16-10)15-9-5-4-6-11(9)19-2/h7-9,11H,3-6H2,1-2H3,(H,14,18)(H,15,17). The number of ether oxygens (including phenoxy) is 1. The van der Waals surface area contributed by atoms with Crippen LogP contribution < -0.4 is 10.6 Å². The Balaban J connectivity index is 1.97. The van der Waals surface area contributed by atoms with Gasteiger partial charge in [0.15, 0.2) is 5.69 Å². The number of nitrogens with zero attached hydrogens (tertiary/aromatic N) is 2. The summed E-state index contributed by atoms with van der Waals surface area (Å²) < 4.78 is 5.42. The van der Waals surface area contributed by atoms with Crippen LogP contribution in [0.2, 0.25) is 0 Å². The van der Waals surface area contributed by atoms with Crippen molar-refractivity contribution in [2.45, 2.75) is 38.3 Å². The molecule has 0 bridgehead atoms. The minimum Gasteiger partial charge on any atom is -0.379 e. The van der Waals surface area contributed by atoms with Gasteiger partial charge in [-0.25, -0.2) is 0 Å². The molecule has 0 aliphatic heterocycles. The van der Waals surface area contributed by atoms with E-state index in [4.69, 9.17) is 4.74 Å². The fraction of sp³-hybridized carbons (Fsp3) is 0.615. The van der Waals surface area contributed by atoms with Crippen molar-refractivity contribution in [3.63, 3.8) is 0 Å². The summed E-state index contributed by atoms with van der Waals surface area (Å²) in [5.41, 5.74) is 0.335. The summed E-state index contributed by atoms with van der Waals surface area (Å²) in [6.45, 7) is 2.45. The maximum absolute atomic E-state index is 11.5. The van der Waals surface area contributed by atoms with Gasteiger partial charge in [0.05, 0.1) is 12.1 Å². The molecule has 1 saturated carbocycles. The van der Waals surface area contributed by atoms with Crippen molar-refractivity contribution >= 4 is 11.7 Å². The summed E-state index contributed by atoms with van der Waals surface area (Å²) in [4.78, 5) is 11.5. The number of hydrogen-bond donors (Lipinski definition) is 2. The fourth-order valence-corrected chi connectivity index (χ4v) is 2.34. The van der Waals surface area contributed by atoms with E-state index in [-0.39, 0.29) is 18.1 Å². The second-order valence-corrected chi connectivity index (χ2v) is 4.62. The highest BCUT2D eigenvalue weighted by atomic mass is 16.5. The van der Waals surface area contributed by atoms with Crippen LogP contribution in [0.1, 0.15) is 36.7 Å².